The third-order valence-corrected chi connectivity index (χ3v) is 2.42. The first-order chi connectivity index (χ1) is 7.22. The van der Waals surface area contributed by atoms with E-state index in [0.717, 1.165) is 17.0 Å². The molecule has 0 aliphatic carbocycles. The van der Waals surface area contributed by atoms with Crippen molar-refractivity contribution in [3.05, 3.63) is 23.8 Å². The van der Waals surface area contributed by atoms with Gasteiger partial charge in [-0.25, -0.2) is 0 Å². The first-order valence-electron chi connectivity index (χ1n) is 4.68. The Hall–Kier alpha value is -1.59. The Balaban J connectivity index is 2.36. The summed E-state index contributed by atoms with van der Waals surface area (Å²) in [4.78, 5) is 13.0. The van der Waals surface area contributed by atoms with E-state index in [1.807, 2.05) is 18.2 Å². The van der Waals surface area contributed by atoms with Gasteiger partial charge in [-0.1, -0.05) is 6.07 Å². The van der Waals surface area contributed by atoms with Crippen molar-refractivity contribution in [3.63, 3.8) is 0 Å². The van der Waals surface area contributed by atoms with Crippen LogP contribution >= 0.6 is 0 Å². The summed E-state index contributed by atoms with van der Waals surface area (Å²) < 4.78 is 5.30. The molecule has 1 aromatic rings. The second kappa shape index (κ2) is 3.88. The zero-order chi connectivity index (χ0) is 10.8. The molecule has 0 aromatic heterocycles. The number of amides is 1. The van der Waals surface area contributed by atoms with Gasteiger partial charge in [-0.05, 0) is 17.7 Å². The van der Waals surface area contributed by atoms with Crippen LogP contribution in [0.3, 0.4) is 0 Å². The molecule has 1 aliphatic rings. The van der Waals surface area contributed by atoms with Crippen LogP contribution in [0.15, 0.2) is 18.2 Å². The Bertz CT molecular complexity index is 392. The molecule has 0 saturated heterocycles. The molecule has 5 nitrogen and oxygen atoms in total. The van der Waals surface area contributed by atoms with E-state index in [1.165, 1.54) is 0 Å². The van der Waals surface area contributed by atoms with Crippen molar-refractivity contribution >= 4 is 11.6 Å². The van der Waals surface area contributed by atoms with Gasteiger partial charge in [0.2, 0.25) is 0 Å². The highest BCUT2D eigenvalue weighted by Crippen LogP contribution is 2.31. The van der Waals surface area contributed by atoms with Crippen LogP contribution in [-0.2, 0) is 11.3 Å². The van der Waals surface area contributed by atoms with Crippen molar-refractivity contribution in [2.75, 3.05) is 18.6 Å². The van der Waals surface area contributed by atoms with Gasteiger partial charge < -0.3 is 9.64 Å². The molecule has 1 aromatic carbocycles. The number of likely N-dealkylation sites (N-methyl/N-ethyl adjacent to an activating group) is 1. The zero-order valence-electron chi connectivity index (χ0n) is 8.49. The lowest BCUT2D eigenvalue weighted by molar-refractivity contribution is -0.120. The molecule has 0 spiro atoms. The first kappa shape index (κ1) is 9.95. The lowest BCUT2D eigenvalue weighted by Crippen LogP contribution is -2.35. The number of hydrogen-bond donors (Lipinski definition) is 2. The molecule has 1 amide bonds. The van der Waals surface area contributed by atoms with Gasteiger partial charge in [-0.3, -0.25) is 16.1 Å². The van der Waals surface area contributed by atoms with Crippen LogP contribution < -0.4 is 20.9 Å². The summed E-state index contributed by atoms with van der Waals surface area (Å²) in [6, 6.07) is 5.67. The number of hydrazine groups is 1. The minimum absolute atomic E-state index is 0.0413. The van der Waals surface area contributed by atoms with Crippen molar-refractivity contribution < 1.29 is 9.53 Å². The standard InChI is InChI=1S/C10H13N3O2/c1-13-8-4-7(5-12-11)2-3-9(8)15-6-10(13)14/h2-4,12H,5-6,11H2,1H3. The number of fused-ring (bicyclic) bond motifs is 1. The average Bonchev–Trinajstić information content (AvgIpc) is 2.25. The lowest BCUT2D eigenvalue weighted by atomic mass is 10.1. The molecule has 0 fully saturated rings. The van der Waals surface area contributed by atoms with Crippen molar-refractivity contribution in [2.24, 2.45) is 5.84 Å². The maximum atomic E-state index is 11.4. The number of carbonyl (C=O) groups is 1. The summed E-state index contributed by atoms with van der Waals surface area (Å²) in [5, 5.41) is 0. The molecule has 80 valence electrons. The molecule has 15 heavy (non-hydrogen) atoms. The maximum absolute atomic E-state index is 11.4. The number of nitrogens with one attached hydrogen (secondary N) is 1. The number of benzene rings is 1. The molecule has 1 heterocycles. The summed E-state index contributed by atoms with van der Waals surface area (Å²) >= 11 is 0. The lowest BCUT2D eigenvalue weighted by Gasteiger charge is -2.26. The van der Waals surface area contributed by atoms with Gasteiger partial charge in [0.05, 0.1) is 5.69 Å². The van der Waals surface area contributed by atoms with Crippen LogP contribution in [-0.4, -0.2) is 19.6 Å². The number of hydrogen-bond acceptors (Lipinski definition) is 4. The van der Waals surface area contributed by atoms with E-state index in [0.29, 0.717) is 6.54 Å². The fourth-order valence-electron chi connectivity index (χ4n) is 1.55. The smallest absolute Gasteiger partial charge is 0.264 e. The van der Waals surface area contributed by atoms with Crippen LogP contribution in [0.5, 0.6) is 5.75 Å². The highest BCUT2D eigenvalue weighted by atomic mass is 16.5. The summed E-state index contributed by atoms with van der Waals surface area (Å²) in [6.45, 7) is 0.674. The Morgan fingerprint density at radius 1 is 1.60 bits per heavy atom. The second-order valence-corrected chi connectivity index (χ2v) is 3.42. The minimum atomic E-state index is -0.0413. The third-order valence-electron chi connectivity index (χ3n) is 2.42. The van der Waals surface area contributed by atoms with Gasteiger partial charge in [0.25, 0.3) is 5.91 Å². The number of nitrogens with zero attached hydrogens (tertiary/aromatic N) is 1. The Morgan fingerprint density at radius 2 is 2.40 bits per heavy atom. The van der Waals surface area contributed by atoms with Gasteiger partial charge in [0.15, 0.2) is 6.61 Å². The van der Waals surface area contributed by atoms with Gasteiger partial charge in [0, 0.05) is 13.6 Å². The van der Waals surface area contributed by atoms with Crippen LogP contribution in [0.1, 0.15) is 5.56 Å². The summed E-state index contributed by atoms with van der Waals surface area (Å²) in [5.41, 5.74) is 4.38. The summed E-state index contributed by atoms with van der Waals surface area (Å²) in [5.74, 6) is 5.93. The fourth-order valence-corrected chi connectivity index (χ4v) is 1.55. The van der Waals surface area contributed by atoms with E-state index in [-0.39, 0.29) is 12.5 Å². The fraction of sp³-hybridized carbons (Fsp3) is 0.300. The molecule has 0 atom stereocenters. The largest absolute Gasteiger partial charge is 0.482 e. The van der Waals surface area contributed by atoms with Crippen LogP contribution in [0.25, 0.3) is 0 Å². The Morgan fingerprint density at radius 3 is 3.13 bits per heavy atom. The monoisotopic (exact) mass is 207 g/mol. The minimum Gasteiger partial charge on any atom is -0.482 e. The highest BCUT2D eigenvalue weighted by Gasteiger charge is 2.21. The number of rotatable bonds is 2. The van der Waals surface area contributed by atoms with Gasteiger partial charge in [-0.2, -0.15) is 0 Å². The molecular weight excluding hydrogens is 194 g/mol. The molecular formula is C10H13N3O2. The third kappa shape index (κ3) is 1.79. The predicted octanol–water partition coefficient (Wildman–Crippen LogP) is 0.00510. The Kier molecular flexibility index (Phi) is 2.57. The average molecular weight is 207 g/mol. The van der Waals surface area contributed by atoms with Crippen molar-refractivity contribution in [3.8, 4) is 5.75 Å². The van der Waals surface area contributed by atoms with Crippen LogP contribution in [0, 0.1) is 0 Å². The quantitative estimate of drug-likeness (QED) is 0.529. The SMILES string of the molecule is CN1C(=O)COc2ccc(CNN)cc21. The molecule has 0 radical (unpaired) electrons. The van der Waals surface area contributed by atoms with Crippen molar-refractivity contribution in [2.45, 2.75) is 6.54 Å². The van der Waals surface area contributed by atoms with Crippen LogP contribution in [0.2, 0.25) is 0 Å². The number of ether oxygens (including phenoxy) is 1. The Labute approximate surface area is 87.8 Å². The summed E-state index contributed by atoms with van der Waals surface area (Å²) in [7, 11) is 1.74. The molecule has 1 aliphatic heterocycles. The molecule has 2 rings (SSSR count). The van der Waals surface area contributed by atoms with E-state index in [4.69, 9.17) is 10.6 Å². The number of carbonyl (C=O) groups excluding carboxylic acids is 1. The zero-order valence-corrected chi connectivity index (χ0v) is 8.49. The van der Waals surface area contributed by atoms with Gasteiger partial charge in [-0.15, -0.1) is 0 Å². The molecule has 5 heteroatoms. The van der Waals surface area contributed by atoms with E-state index < -0.39 is 0 Å². The molecule has 0 saturated carbocycles. The second-order valence-electron chi connectivity index (χ2n) is 3.42. The first-order valence-corrected chi connectivity index (χ1v) is 4.68. The van der Waals surface area contributed by atoms with E-state index in [2.05, 4.69) is 5.43 Å². The number of nitrogens with two attached hydrogens (primary N) is 1. The van der Waals surface area contributed by atoms with Crippen molar-refractivity contribution in [1.29, 1.82) is 0 Å². The van der Waals surface area contributed by atoms with E-state index >= 15 is 0 Å². The van der Waals surface area contributed by atoms with E-state index in [1.54, 1.807) is 11.9 Å². The van der Waals surface area contributed by atoms with Gasteiger partial charge >= 0.3 is 0 Å². The summed E-state index contributed by atoms with van der Waals surface area (Å²) in [6.07, 6.45) is 0. The normalized spacial score (nSPS) is 14.8. The maximum Gasteiger partial charge on any atom is 0.264 e. The van der Waals surface area contributed by atoms with Crippen LogP contribution in [0.4, 0.5) is 5.69 Å². The molecule has 0 bridgehead atoms. The molecule has 3 N–H and O–H groups in total. The molecule has 0 unspecified atom stereocenters. The van der Waals surface area contributed by atoms with Gasteiger partial charge in [0.1, 0.15) is 5.75 Å². The topological polar surface area (TPSA) is 67.6 Å². The van der Waals surface area contributed by atoms with Crippen molar-refractivity contribution in [1.82, 2.24) is 5.43 Å². The number of anilines is 1. The van der Waals surface area contributed by atoms with E-state index in [9.17, 15) is 4.79 Å². The predicted molar refractivity (Wildman–Crippen MR) is 56.4 cm³/mol. The highest BCUT2D eigenvalue weighted by molar-refractivity contribution is 5.97.